The number of anilines is 2. The Hall–Kier alpha value is -3.00. The van der Waals surface area contributed by atoms with E-state index in [2.05, 4.69) is 10.6 Å². The van der Waals surface area contributed by atoms with Crippen molar-refractivity contribution < 1.29 is 17.9 Å². The Bertz CT molecular complexity index is 999. The number of benzene rings is 2. The molecule has 0 aliphatic carbocycles. The van der Waals surface area contributed by atoms with Crippen LogP contribution < -0.4 is 15.4 Å². The standard InChI is InChI=1S/C18H19N3O4S/c1-12-8-9-15(25-3)14(10-12)20-18(22)11-17-19-13-6-4-5-7-16(13)26(23,24)21(17)2/h4-11,19H,1-3H3,(H,20,22)/b17-11-. The molecule has 1 amide bonds. The van der Waals surface area contributed by atoms with Crippen LogP contribution in [0.15, 0.2) is 59.3 Å². The molecule has 1 aliphatic rings. The molecule has 3 rings (SSSR count). The number of carbonyl (C=O) groups excluding carboxylic acids is 1. The van der Waals surface area contributed by atoms with Crippen LogP contribution >= 0.6 is 0 Å². The molecule has 0 fully saturated rings. The summed E-state index contributed by atoms with van der Waals surface area (Å²) in [6.07, 6.45) is 1.20. The number of fused-ring (bicyclic) bond motifs is 1. The first-order valence-electron chi connectivity index (χ1n) is 7.85. The van der Waals surface area contributed by atoms with Crippen molar-refractivity contribution >= 4 is 27.3 Å². The average molecular weight is 373 g/mol. The zero-order valence-electron chi connectivity index (χ0n) is 14.6. The van der Waals surface area contributed by atoms with Crippen molar-refractivity contribution in [2.45, 2.75) is 11.8 Å². The van der Waals surface area contributed by atoms with Gasteiger partial charge in [-0.25, -0.2) is 8.42 Å². The first-order valence-corrected chi connectivity index (χ1v) is 9.29. The fourth-order valence-electron chi connectivity index (χ4n) is 2.63. The Morgan fingerprint density at radius 2 is 1.96 bits per heavy atom. The Balaban J connectivity index is 1.91. The summed E-state index contributed by atoms with van der Waals surface area (Å²) in [5.41, 5.74) is 1.90. The number of hydrogen-bond acceptors (Lipinski definition) is 5. The molecule has 0 unspecified atom stereocenters. The van der Waals surface area contributed by atoms with E-state index < -0.39 is 15.9 Å². The van der Waals surface area contributed by atoms with Gasteiger partial charge in [0.1, 0.15) is 16.5 Å². The van der Waals surface area contributed by atoms with E-state index in [0.717, 1.165) is 9.87 Å². The van der Waals surface area contributed by atoms with Gasteiger partial charge >= 0.3 is 0 Å². The van der Waals surface area contributed by atoms with Gasteiger partial charge < -0.3 is 15.4 Å². The van der Waals surface area contributed by atoms with E-state index in [4.69, 9.17) is 4.74 Å². The molecule has 0 radical (unpaired) electrons. The molecule has 0 aromatic heterocycles. The molecule has 2 aromatic carbocycles. The molecule has 0 atom stereocenters. The molecule has 1 aliphatic heterocycles. The lowest BCUT2D eigenvalue weighted by Crippen LogP contribution is -2.35. The van der Waals surface area contributed by atoms with Gasteiger partial charge in [0.2, 0.25) is 0 Å². The SMILES string of the molecule is COc1ccc(C)cc1NC(=O)/C=C1/Nc2ccccc2S(=O)(=O)N1C. The predicted molar refractivity (Wildman–Crippen MR) is 99.5 cm³/mol. The minimum Gasteiger partial charge on any atom is -0.495 e. The third-order valence-electron chi connectivity index (χ3n) is 4.01. The van der Waals surface area contributed by atoms with Gasteiger partial charge in [-0.15, -0.1) is 0 Å². The number of carbonyl (C=O) groups is 1. The minimum atomic E-state index is -3.71. The molecule has 2 aromatic rings. The normalized spacial score (nSPS) is 16.6. The highest BCUT2D eigenvalue weighted by molar-refractivity contribution is 7.89. The van der Waals surface area contributed by atoms with Crippen LogP contribution in [0, 0.1) is 6.92 Å². The summed E-state index contributed by atoms with van der Waals surface area (Å²) >= 11 is 0. The maximum atomic E-state index is 12.6. The van der Waals surface area contributed by atoms with Crippen LogP contribution in [0.1, 0.15) is 5.56 Å². The second-order valence-corrected chi connectivity index (χ2v) is 7.75. The average Bonchev–Trinajstić information content (AvgIpc) is 2.60. The first kappa shape index (κ1) is 17.8. The minimum absolute atomic E-state index is 0.160. The summed E-state index contributed by atoms with van der Waals surface area (Å²) < 4.78 is 31.5. The number of amides is 1. The van der Waals surface area contributed by atoms with Crippen LogP contribution in [0.2, 0.25) is 0 Å². The van der Waals surface area contributed by atoms with Gasteiger partial charge in [0, 0.05) is 13.1 Å². The molecule has 0 saturated heterocycles. The molecule has 8 heteroatoms. The van der Waals surface area contributed by atoms with Crippen molar-refractivity contribution in [2.24, 2.45) is 0 Å². The van der Waals surface area contributed by atoms with Crippen LogP contribution in [0.5, 0.6) is 5.75 Å². The number of para-hydroxylation sites is 1. The Kier molecular flexibility index (Phi) is 4.60. The number of methoxy groups -OCH3 is 1. The number of hydrogen-bond donors (Lipinski definition) is 2. The van der Waals surface area contributed by atoms with E-state index >= 15 is 0 Å². The van der Waals surface area contributed by atoms with Crippen molar-refractivity contribution in [3.8, 4) is 5.75 Å². The third-order valence-corrected chi connectivity index (χ3v) is 5.84. The van der Waals surface area contributed by atoms with E-state index in [0.29, 0.717) is 17.1 Å². The maximum absolute atomic E-state index is 12.6. The van der Waals surface area contributed by atoms with Crippen molar-refractivity contribution in [3.05, 3.63) is 59.9 Å². The summed E-state index contributed by atoms with van der Waals surface area (Å²) in [5.74, 6) is 0.205. The molecule has 2 N–H and O–H groups in total. The van der Waals surface area contributed by atoms with E-state index in [1.165, 1.54) is 26.3 Å². The van der Waals surface area contributed by atoms with Crippen LogP contribution in [0.4, 0.5) is 11.4 Å². The Labute approximate surface area is 152 Å². The Morgan fingerprint density at radius 1 is 1.23 bits per heavy atom. The molecule has 0 bridgehead atoms. The first-order chi connectivity index (χ1) is 12.3. The van der Waals surface area contributed by atoms with E-state index in [1.807, 2.05) is 13.0 Å². The predicted octanol–water partition coefficient (Wildman–Crippen LogP) is 2.53. The van der Waals surface area contributed by atoms with Crippen molar-refractivity contribution in [2.75, 3.05) is 24.8 Å². The fourth-order valence-corrected chi connectivity index (χ4v) is 3.93. The number of nitrogens with zero attached hydrogens (tertiary/aromatic N) is 1. The fraction of sp³-hybridized carbons (Fsp3) is 0.167. The van der Waals surface area contributed by atoms with E-state index in [-0.39, 0.29) is 10.7 Å². The molecular formula is C18H19N3O4S. The molecule has 136 valence electrons. The highest BCUT2D eigenvalue weighted by Gasteiger charge is 2.31. The topological polar surface area (TPSA) is 87.7 Å². The van der Waals surface area contributed by atoms with Gasteiger partial charge in [0.15, 0.2) is 0 Å². The van der Waals surface area contributed by atoms with Crippen LogP contribution in [-0.4, -0.2) is 32.8 Å². The molecule has 7 nitrogen and oxygen atoms in total. The lowest BCUT2D eigenvalue weighted by atomic mass is 10.2. The molecular weight excluding hydrogens is 354 g/mol. The molecule has 0 saturated carbocycles. The highest BCUT2D eigenvalue weighted by Crippen LogP contribution is 2.32. The lowest BCUT2D eigenvalue weighted by molar-refractivity contribution is -0.112. The van der Waals surface area contributed by atoms with E-state index in [9.17, 15) is 13.2 Å². The lowest BCUT2D eigenvalue weighted by Gasteiger charge is -2.30. The number of sulfonamides is 1. The summed E-state index contributed by atoms with van der Waals surface area (Å²) in [7, 11) is -0.804. The molecule has 1 heterocycles. The monoisotopic (exact) mass is 373 g/mol. The largest absolute Gasteiger partial charge is 0.495 e. The van der Waals surface area contributed by atoms with Gasteiger partial charge in [-0.1, -0.05) is 18.2 Å². The summed E-state index contributed by atoms with van der Waals surface area (Å²) in [6.45, 7) is 1.90. The number of rotatable bonds is 3. The molecule has 0 spiro atoms. The van der Waals surface area contributed by atoms with Gasteiger partial charge in [-0.2, -0.15) is 0 Å². The van der Waals surface area contributed by atoms with Gasteiger partial charge in [0.05, 0.1) is 18.5 Å². The highest BCUT2D eigenvalue weighted by atomic mass is 32.2. The third kappa shape index (κ3) is 3.23. The zero-order valence-corrected chi connectivity index (χ0v) is 15.4. The van der Waals surface area contributed by atoms with E-state index in [1.54, 1.807) is 30.3 Å². The summed E-state index contributed by atoms with van der Waals surface area (Å²) in [4.78, 5) is 12.6. The van der Waals surface area contributed by atoms with Crippen molar-refractivity contribution in [3.63, 3.8) is 0 Å². The second kappa shape index (κ2) is 6.72. The van der Waals surface area contributed by atoms with Crippen molar-refractivity contribution in [1.29, 1.82) is 0 Å². The van der Waals surface area contributed by atoms with Crippen molar-refractivity contribution in [1.82, 2.24) is 4.31 Å². The zero-order chi connectivity index (χ0) is 18.9. The Morgan fingerprint density at radius 3 is 2.69 bits per heavy atom. The maximum Gasteiger partial charge on any atom is 0.267 e. The quantitative estimate of drug-likeness (QED) is 0.808. The second-order valence-electron chi connectivity index (χ2n) is 5.82. The number of nitrogens with one attached hydrogen (secondary N) is 2. The van der Waals surface area contributed by atoms with Gasteiger partial charge in [-0.05, 0) is 36.8 Å². The summed E-state index contributed by atoms with van der Waals surface area (Å²) in [5, 5.41) is 5.69. The summed E-state index contributed by atoms with van der Waals surface area (Å²) in [6, 6.07) is 11.9. The van der Waals surface area contributed by atoms with Gasteiger partial charge in [0.25, 0.3) is 15.9 Å². The number of ether oxygens (including phenoxy) is 1. The van der Waals surface area contributed by atoms with Crippen LogP contribution in [0.3, 0.4) is 0 Å². The van der Waals surface area contributed by atoms with Gasteiger partial charge in [-0.3, -0.25) is 9.10 Å². The smallest absolute Gasteiger partial charge is 0.267 e. The van der Waals surface area contributed by atoms with Crippen LogP contribution in [-0.2, 0) is 14.8 Å². The molecule has 26 heavy (non-hydrogen) atoms. The van der Waals surface area contributed by atoms with Crippen LogP contribution in [0.25, 0.3) is 0 Å². The number of aryl methyl sites for hydroxylation is 1.